The van der Waals surface area contributed by atoms with E-state index in [0.29, 0.717) is 0 Å². The highest BCUT2D eigenvalue weighted by molar-refractivity contribution is 8.00. The van der Waals surface area contributed by atoms with Crippen molar-refractivity contribution >= 4 is 17.7 Å². The molecule has 0 aromatic carbocycles. The average Bonchev–Trinajstić information content (AvgIpc) is 2.28. The van der Waals surface area contributed by atoms with Gasteiger partial charge in [0.2, 0.25) is 5.91 Å². The van der Waals surface area contributed by atoms with Crippen LogP contribution >= 0.6 is 11.8 Å². The fourth-order valence-electron chi connectivity index (χ4n) is 1.32. The van der Waals surface area contributed by atoms with Crippen LogP contribution in [0.4, 0.5) is 0 Å². The number of rotatable bonds is 2. The first kappa shape index (κ1) is 10.9. The van der Waals surface area contributed by atoms with E-state index in [-0.39, 0.29) is 22.9 Å². The number of hydrogen-bond acceptors (Lipinski definition) is 3. The Balaban J connectivity index is 2.42. The molecule has 1 heterocycles. The second kappa shape index (κ2) is 3.88. The van der Waals surface area contributed by atoms with Crippen LogP contribution in [0.1, 0.15) is 27.7 Å². The first-order chi connectivity index (χ1) is 5.91. The fraction of sp³-hybridized carbons (Fsp3) is 0.889. The highest BCUT2D eigenvalue weighted by Gasteiger charge is 2.34. The zero-order valence-electron chi connectivity index (χ0n) is 8.68. The Kier molecular flexibility index (Phi) is 3.24. The molecule has 2 N–H and O–H groups in total. The molecule has 1 aliphatic heterocycles. The smallest absolute Gasteiger partial charge is 0.238 e. The Labute approximate surface area is 84.0 Å². The number of amides is 1. The first-order valence-corrected chi connectivity index (χ1v) is 5.61. The first-order valence-electron chi connectivity index (χ1n) is 4.63. The molecule has 1 fully saturated rings. The minimum absolute atomic E-state index is 0.0256. The summed E-state index contributed by atoms with van der Waals surface area (Å²) < 4.78 is 0. The summed E-state index contributed by atoms with van der Waals surface area (Å²) >= 11 is 1.79. The second-order valence-electron chi connectivity index (χ2n) is 4.18. The Morgan fingerprint density at radius 2 is 2.23 bits per heavy atom. The lowest BCUT2D eigenvalue weighted by atomic mass is 10.2. The lowest BCUT2D eigenvalue weighted by Crippen LogP contribution is -2.48. The Morgan fingerprint density at radius 3 is 2.62 bits per heavy atom. The SMILES string of the molecule is CC(C)NC(=O)C1CSC(C)(C)N1. The predicted molar refractivity (Wildman–Crippen MR) is 56.7 cm³/mol. The van der Waals surface area contributed by atoms with E-state index in [4.69, 9.17) is 0 Å². The van der Waals surface area contributed by atoms with Crippen LogP contribution in [-0.2, 0) is 4.79 Å². The standard InChI is InChI=1S/C9H18N2OS/c1-6(2)10-8(12)7-5-13-9(3,4)11-7/h6-7,11H,5H2,1-4H3,(H,10,12). The number of hydrogen-bond donors (Lipinski definition) is 2. The number of nitrogens with one attached hydrogen (secondary N) is 2. The van der Waals surface area contributed by atoms with E-state index in [9.17, 15) is 4.79 Å². The predicted octanol–water partition coefficient (Wildman–Crippen LogP) is 0.952. The maximum absolute atomic E-state index is 11.6. The zero-order valence-corrected chi connectivity index (χ0v) is 9.49. The van der Waals surface area contributed by atoms with E-state index in [1.807, 2.05) is 13.8 Å². The number of carbonyl (C=O) groups excluding carboxylic acids is 1. The van der Waals surface area contributed by atoms with Crippen LogP contribution in [0, 0.1) is 0 Å². The molecule has 1 atom stereocenters. The monoisotopic (exact) mass is 202 g/mol. The third-order valence-corrected chi connectivity index (χ3v) is 3.22. The molecule has 0 radical (unpaired) electrons. The van der Waals surface area contributed by atoms with Gasteiger partial charge in [-0.2, -0.15) is 0 Å². The normalized spacial score (nSPS) is 26.4. The summed E-state index contributed by atoms with van der Waals surface area (Å²) in [6.07, 6.45) is 0. The number of carbonyl (C=O) groups is 1. The van der Waals surface area contributed by atoms with E-state index in [2.05, 4.69) is 24.5 Å². The molecule has 0 aromatic rings. The van der Waals surface area contributed by atoms with Crippen molar-refractivity contribution in [3.05, 3.63) is 0 Å². The van der Waals surface area contributed by atoms with E-state index < -0.39 is 0 Å². The van der Waals surface area contributed by atoms with Gasteiger partial charge in [0.05, 0.1) is 10.9 Å². The van der Waals surface area contributed by atoms with Gasteiger partial charge < -0.3 is 5.32 Å². The van der Waals surface area contributed by atoms with E-state index in [1.165, 1.54) is 0 Å². The zero-order chi connectivity index (χ0) is 10.1. The quantitative estimate of drug-likeness (QED) is 0.700. The van der Waals surface area contributed by atoms with Gasteiger partial charge in [0, 0.05) is 11.8 Å². The summed E-state index contributed by atoms with van der Waals surface area (Å²) in [7, 11) is 0. The molecule has 0 aliphatic carbocycles. The summed E-state index contributed by atoms with van der Waals surface area (Å²) in [6, 6.07) is 0.199. The molecule has 1 saturated heterocycles. The van der Waals surface area contributed by atoms with Gasteiger partial charge in [-0.3, -0.25) is 10.1 Å². The van der Waals surface area contributed by atoms with Gasteiger partial charge in [-0.05, 0) is 27.7 Å². The molecule has 0 spiro atoms. The van der Waals surface area contributed by atoms with Crippen molar-refractivity contribution in [2.75, 3.05) is 5.75 Å². The molecule has 13 heavy (non-hydrogen) atoms. The Bertz CT molecular complexity index is 204. The van der Waals surface area contributed by atoms with Crippen molar-refractivity contribution < 1.29 is 4.79 Å². The van der Waals surface area contributed by atoms with Crippen LogP contribution in [0.15, 0.2) is 0 Å². The minimum atomic E-state index is -0.0256. The van der Waals surface area contributed by atoms with Crippen LogP contribution < -0.4 is 10.6 Å². The van der Waals surface area contributed by atoms with Crippen LogP contribution in [0.25, 0.3) is 0 Å². The third-order valence-electron chi connectivity index (χ3n) is 1.88. The Hall–Kier alpha value is -0.220. The van der Waals surface area contributed by atoms with Gasteiger partial charge in [-0.15, -0.1) is 11.8 Å². The topological polar surface area (TPSA) is 41.1 Å². The molecule has 0 saturated carbocycles. The van der Waals surface area contributed by atoms with Crippen molar-refractivity contribution in [1.82, 2.24) is 10.6 Å². The van der Waals surface area contributed by atoms with Crippen molar-refractivity contribution in [2.45, 2.75) is 44.6 Å². The summed E-state index contributed by atoms with van der Waals surface area (Å²) in [6.45, 7) is 8.15. The van der Waals surface area contributed by atoms with Gasteiger partial charge in [-0.1, -0.05) is 0 Å². The largest absolute Gasteiger partial charge is 0.353 e. The summed E-state index contributed by atoms with van der Waals surface area (Å²) in [5.74, 6) is 0.985. The molecule has 0 bridgehead atoms. The van der Waals surface area contributed by atoms with Crippen LogP contribution in [0.5, 0.6) is 0 Å². The van der Waals surface area contributed by atoms with E-state index in [0.717, 1.165) is 5.75 Å². The van der Waals surface area contributed by atoms with E-state index >= 15 is 0 Å². The van der Waals surface area contributed by atoms with Crippen molar-refractivity contribution in [1.29, 1.82) is 0 Å². The van der Waals surface area contributed by atoms with Gasteiger partial charge in [-0.25, -0.2) is 0 Å². The maximum Gasteiger partial charge on any atom is 0.238 e. The summed E-state index contributed by atoms with van der Waals surface area (Å²) in [4.78, 5) is 11.6. The number of thioether (sulfide) groups is 1. The molecular weight excluding hydrogens is 184 g/mol. The fourth-order valence-corrected chi connectivity index (χ4v) is 2.36. The van der Waals surface area contributed by atoms with Crippen molar-refractivity contribution in [3.63, 3.8) is 0 Å². The molecule has 76 valence electrons. The van der Waals surface area contributed by atoms with Crippen LogP contribution in [0.2, 0.25) is 0 Å². The van der Waals surface area contributed by atoms with E-state index in [1.54, 1.807) is 11.8 Å². The van der Waals surface area contributed by atoms with Gasteiger partial charge >= 0.3 is 0 Å². The van der Waals surface area contributed by atoms with Crippen molar-refractivity contribution in [2.24, 2.45) is 0 Å². The Morgan fingerprint density at radius 1 is 1.62 bits per heavy atom. The molecule has 3 nitrogen and oxygen atoms in total. The van der Waals surface area contributed by atoms with Gasteiger partial charge in [0.15, 0.2) is 0 Å². The molecule has 4 heteroatoms. The van der Waals surface area contributed by atoms with Gasteiger partial charge in [0.1, 0.15) is 0 Å². The molecular formula is C9H18N2OS. The van der Waals surface area contributed by atoms with Crippen LogP contribution in [-0.4, -0.2) is 28.6 Å². The molecule has 1 unspecified atom stereocenters. The maximum atomic E-state index is 11.6. The lowest BCUT2D eigenvalue weighted by molar-refractivity contribution is -0.123. The summed E-state index contributed by atoms with van der Waals surface area (Å²) in [5, 5.41) is 6.19. The molecule has 1 amide bonds. The van der Waals surface area contributed by atoms with Gasteiger partial charge in [0.25, 0.3) is 0 Å². The van der Waals surface area contributed by atoms with Crippen molar-refractivity contribution in [3.8, 4) is 0 Å². The second-order valence-corrected chi connectivity index (χ2v) is 5.82. The molecule has 0 aromatic heterocycles. The molecule has 1 rings (SSSR count). The molecule has 1 aliphatic rings. The third kappa shape index (κ3) is 3.19. The van der Waals surface area contributed by atoms with Crippen LogP contribution in [0.3, 0.4) is 0 Å². The lowest BCUT2D eigenvalue weighted by Gasteiger charge is -2.19. The summed E-state index contributed by atoms with van der Waals surface area (Å²) in [5.41, 5.74) is 0. The average molecular weight is 202 g/mol. The highest BCUT2D eigenvalue weighted by atomic mass is 32.2. The minimum Gasteiger partial charge on any atom is -0.353 e. The highest BCUT2D eigenvalue weighted by Crippen LogP contribution is 2.28.